The molecule has 0 aliphatic rings. The van der Waals surface area contributed by atoms with Crippen molar-refractivity contribution in [1.29, 1.82) is 0 Å². The molecule has 1 rings (SSSR count). The number of amides is 1. The smallest absolute Gasteiger partial charge is 0.257 e. The molecular weight excluding hydrogens is 241 g/mol. The molecule has 17 heavy (non-hydrogen) atoms. The highest BCUT2D eigenvalue weighted by Gasteiger charge is 2.21. The molecule has 4 heteroatoms. The second-order valence-corrected chi connectivity index (χ2v) is 4.65. The summed E-state index contributed by atoms with van der Waals surface area (Å²) in [6, 6.07) is 4.08. The van der Waals surface area contributed by atoms with E-state index in [1.54, 1.807) is 4.90 Å². The van der Waals surface area contributed by atoms with Crippen molar-refractivity contribution in [3.63, 3.8) is 0 Å². The minimum atomic E-state index is -0.527. The fraction of sp³-hybridized carbons (Fsp3) is 0.462. The van der Waals surface area contributed by atoms with Gasteiger partial charge < -0.3 is 4.90 Å². The molecule has 1 amide bonds. The van der Waals surface area contributed by atoms with Crippen molar-refractivity contribution in [2.45, 2.75) is 33.2 Å². The monoisotopic (exact) mass is 257 g/mol. The highest BCUT2D eigenvalue weighted by molar-refractivity contribution is 6.31. The first kappa shape index (κ1) is 14.0. The molecule has 0 N–H and O–H groups in total. The second kappa shape index (κ2) is 6.01. The fourth-order valence-electron chi connectivity index (χ4n) is 1.65. The molecule has 2 nitrogen and oxygen atoms in total. The van der Waals surface area contributed by atoms with E-state index in [9.17, 15) is 9.18 Å². The van der Waals surface area contributed by atoms with Crippen molar-refractivity contribution in [2.24, 2.45) is 0 Å². The Kier molecular flexibility index (Phi) is 4.94. The Morgan fingerprint density at radius 3 is 2.65 bits per heavy atom. The Hall–Kier alpha value is -1.09. The van der Waals surface area contributed by atoms with Crippen LogP contribution >= 0.6 is 11.6 Å². The highest BCUT2D eigenvalue weighted by Crippen LogP contribution is 2.18. The first-order chi connectivity index (χ1) is 7.97. The summed E-state index contributed by atoms with van der Waals surface area (Å²) < 4.78 is 13.6. The van der Waals surface area contributed by atoms with Crippen molar-refractivity contribution < 1.29 is 9.18 Å². The molecule has 0 radical (unpaired) electrons. The molecule has 0 unspecified atom stereocenters. The zero-order chi connectivity index (χ0) is 13.0. The molecule has 94 valence electrons. The van der Waals surface area contributed by atoms with E-state index in [2.05, 4.69) is 0 Å². The number of carbonyl (C=O) groups excluding carboxylic acids is 1. The van der Waals surface area contributed by atoms with E-state index in [1.807, 2.05) is 20.8 Å². The van der Waals surface area contributed by atoms with Gasteiger partial charge in [0.2, 0.25) is 0 Å². The lowest BCUT2D eigenvalue weighted by atomic mass is 10.1. The van der Waals surface area contributed by atoms with Crippen LogP contribution in [0.15, 0.2) is 18.2 Å². The van der Waals surface area contributed by atoms with E-state index in [4.69, 9.17) is 11.6 Å². The average molecular weight is 258 g/mol. The third-order valence-corrected chi connectivity index (χ3v) is 2.74. The summed E-state index contributed by atoms with van der Waals surface area (Å²) in [5, 5.41) is 0.370. The van der Waals surface area contributed by atoms with Gasteiger partial charge in [0.15, 0.2) is 0 Å². The summed E-state index contributed by atoms with van der Waals surface area (Å²) in [5.74, 6) is -0.831. The number of halogens is 2. The average Bonchev–Trinajstić information content (AvgIpc) is 2.28. The van der Waals surface area contributed by atoms with E-state index in [-0.39, 0.29) is 17.5 Å². The van der Waals surface area contributed by atoms with Gasteiger partial charge in [0, 0.05) is 17.6 Å². The Bertz CT molecular complexity index is 406. The maximum Gasteiger partial charge on any atom is 0.257 e. The lowest BCUT2D eigenvalue weighted by Crippen LogP contribution is -2.38. The number of nitrogens with zero attached hydrogens (tertiary/aromatic N) is 1. The Morgan fingerprint density at radius 2 is 2.12 bits per heavy atom. The molecule has 0 aliphatic heterocycles. The van der Waals surface area contributed by atoms with Gasteiger partial charge in [-0.3, -0.25) is 4.79 Å². The quantitative estimate of drug-likeness (QED) is 0.805. The fourth-order valence-corrected chi connectivity index (χ4v) is 1.82. The standard InChI is InChI=1S/C13H17ClFNO/c1-4-7-16(9(2)3)13(17)11-8-10(14)5-6-12(11)15/h5-6,8-9H,4,7H2,1-3H3. The lowest BCUT2D eigenvalue weighted by Gasteiger charge is -2.26. The largest absolute Gasteiger partial charge is 0.336 e. The SMILES string of the molecule is CCCN(C(=O)c1cc(Cl)ccc1F)C(C)C. The van der Waals surface area contributed by atoms with Gasteiger partial charge in [-0.15, -0.1) is 0 Å². The van der Waals surface area contributed by atoms with Crippen LogP contribution in [0.2, 0.25) is 5.02 Å². The van der Waals surface area contributed by atoms with Crippen LogP contribution in [0.1, 0.15) is 37.6 Å². The molecule has 1 aromatic carbocycles. The van der Waals surface area contributed by atoms with E-state index in [1.165, 1.54) is 18.2 Å². The van der Waals surface area contributed by atoms with Gasteiger partial charge in [-0.05, 0) is 38.5 Å². The van der Waals surface area contributed by atoms with E-state index < -0.39 is 5.82 Å². The molecule has 1 aromatic rings. The minimum absolute atomic E-state index is 0.0413. The summed E-state index contributed by atoms with van der Waals surface area (Å²) in [6.07, 6.45) is 0.839. The van der Waals surface area contributed by atoms with Crippen LogP contribution < -0.4 is 0 Å². The van der Waals surface area contributed by atoms with Crippen molar-refractivity contribution in [3.05, 3.63) is 34.6 Å². The molecular formula is C13H17ClFNO. The van der Waals surface area contributed by atoms with Crippen LogP contribution in [-0.4, -0.2) is 23.4 Å². The third-order valence-electron chi connectivity index (χ3n) is 2.51. The van der Waals surface area contributed by atoms with Crippen molar-refractivity contribution >= 4 is 17.5 Å². The number of carbonyl (C=O) groups is 1. The van der Waals surface area contributed by atoms with Gasteiger partial charge in [-0.2, -0.15) is 0 Å². The van der Waals surface area contributed by atoms with Gasteiger partial charge in [0.05, 0.1) is 5.56 Å². The first-order valence-corrected chi connectivity index (χ1v) is 6.11. The van der Waals surface area contributed by atoms with Crippen LogP contribution in [-0.2, 0) is 0 Å². The number of rotatable bonds is 4. The highest BCUT2D eigenvalue weighted by atomic mass is 35.5. The topological polar surface area (TPSA) is 20.3 Å². The molecule has 0 bridgehead atoms. The Labute approximate surface area is 106 Å². The third kappa shape index (κ3) is 3.43. The normalized spacial score (nSPS) is 10.7. The van der Waals surface area contributed by atoms with E-state index in [0.717, 1.165) is 6.42 Å². The molecule has 0 aromatic heterocycles. The van der Waals surface area contributed by atoms with Crippen LogP contribution in [0.5, 0.6) is 0 Å². The predicted molar refractivity (Wildman–Crippen MR) is 67.9 cm³/mol. The summed E-state index contributed by atoms with van der Waals surface area (Å²) in [7, 11) is 0. The number of hydrogen-bond acceptors (Lipinski definition) is 1. The van der Waals surface area contributed by atoms with E-state index >= 15 is 0 Å². The van der Waals surface area contributed by atoms with Crippen LogP contribution in [0.4, 0.5) is 4.39 Å². The summed E-state index contributed by atoms with van der Waals surface area (Å²) in [5.41, 5.74) is 0.0413. The molecule has 0 aliphatic carbocycles. The molecule has 0 atom stereocenters. The van der Waals surface area contributed by atoms with Gasteiger partial charge in [-0.25, -0.2) is 4.39 Å². The molecule has 0 spiro atoms. The van der Waals surface area contributed by atoms with Crippen molar-refractivity contribution in [3.8, 4) is 0 Å². The summed E-state index contributed by atoms with van der Waals surface area (Å²) in [6.45, 7) is 6.42. The molecule has 0 fully saturated rings. The summed E-state index contributed by atoms with van der Waals surface area (Å²) >= 11 is 5.78. The number of hydrogen-bond donors (Lipinski definition) is 0. The lowest BCUT2D eigenvalue weighted by molar-refractivity contribution is 0.0701. The zero-order valence-corrected chi connectivity index (χ0v) is 11.1. The molecule has 0 heterocycles. The van der Waals surface area contributed by atoms with Gasteiger partial charge in [-0.1, -0.05) is 18.5 Å². The first-order valence-electron chi connectivity index (χ1n) is 5.73. The minimum Gasteiger partial charge on any atom is -0.336 e. The van der Waals surface area contributed by atoms with Gasteiger partial charge in [0.1, 0.15) is 5.82 Å². The van der Waals surface area contributed by atoms with Crippen molar-refractivity contribution in [2.75, 3.05) is 6.54 Å². The van der Waals surface area contributed by atoms with Gasteiger partial charge >= 0.3 is 0 Å². The second-order valence-electron chi connectivity index (χ2n) is 4.22. The zero-order valence-electron chi connectivity index (χ0n) is 10.3. The Balaban J connectivity index is 3.04. The van der Waals surface area contributed by atoms with Crippen LogP contribution in [0.3, 0.4) is 0 Å². The van der Waals surface area contributed by atoms with Crippen LogP contribution in [0, 0.1) is 5.82 Å². The van der Waals surface area contributed by atoms with Crippen LogP contribution in [0.25, 0.3) is 0 Å². The Morgan fingerprint density at radius 1 is 1.47 bits per heavy atom. The maximum absolute atomic E-state index is 13.6. The number of benzene rings is 1. The molecule has 0 saturated heterocycles. The maximum atomic E-state index is 13.6. The predicted octanol–water partition coefficient (Wildman–Crippen LogP) is 3.74. The summed E-state index contributed by atoms with van der Waals surface area (Å²) in [4.78, 5) is 13.8. The van der Waals surface area contributed by atoms with E-state index in [0.29, 0.717) is 11.6 Å². The van der Waals surface area contributed by atoms with Crippen molar-refractivity contribution in [1.82, 2.24) is 4.90 Å². The molecule has 0 saturated carbocycles. The van der Waals surface area contributed by atoms with Gasteiger partial charge in [0.25, 0.3) is 5.91 Å².